The third kappa shape index (κ3) is 3.64. The summed E-state index contributed by atoms with van der Waals surface area (Å²) >= 11 is 0. The molecule has 0 radical (unpaired) electrons. The summed E-state index contributed by atoms with van der Waals surface area (Å²) in [4.78, 5) is 26.7. The van der Waals surface area contributed by atoms with Crippen molar-refractivity contribution in [3.63, 3.8) is 0 Å². The second-order valence-corrected chi connectivity index (χ2v) is 4.03. The first-order valence-corrected chi connectivity index (χ1v) is 5.98. The number of methoxy groups -OCH3 is 1. The van der Waals surface area contributed by atoms with Crippen molar-refractivity contribution in [3.8, 4) is 0 Å². The second kappa shape index (κ2) is 6.46. The minimum absolute atomic E-state index is 0.00415. The van der Waals surface area contributed by atoms with Crippen LogP contribution < -0.4 is 10.7 Å². The lowest BCUT2D eigenvalue weighted by atomic mass is 10.2. The van der Waals surface area contributed by atoms with Gasteiger partial charge in [0.25, 0.3) is 5.91 Å². The van der Waals surface area contributed by atoms with E-state index in [1.165, 1.54) is 7.11 Å². The molecular formula is C13H14N4O3. The molecule has 2 rings (SSSR count). The lowest BCUT2D eigenvalue weighted by Gasteiger charge is -2.04. The first kappa shape index (κ1) is 13.7. The number of hydrogen-bond donors (Lipinski definition) is 2. The van der Waals surface area contributed by atoms with E-state index in [0.29, 0.717) is 0 Å². The lowest BCUT2D eigenvalue weighted by molar-refractivity contribution is -0.141. The van der Waals surface area contributed by atoms with Gasteiger partial charge in [0.1, 0.15) is 6.17 Å². The van der Waals surface area contributed by atoms with Crippen LogP contribution in [0.4, 0.5) is 0 Å². The minimum atomic E-state index is -0.607. The normalized spacial score (nSPS) is 17.8. The van der Waals surface area contributed by atoms with Crippen molar-refractivity contribution in [2.75, 3.05) is 7.11 Å². The molecule has 1 amide bonds. The van der Waals surface area contributed by atoms with Gasteiger partial charge in [0.2, 0.25) is 5.84 Å². The number of rotatable bonds is 4. The summed E-state index contributed by atoms with van der Waals surface area (Å²) in [6.45, 7) is 0. The van der Waals surface area contributed by atoms with Crippen LogP contribution in [0.3, 0.4) is 0 Å². The molecule has 0 aromatic heterocycles. The highest BCUT2D eigenvalue weighted by Crippen LogP contribution is 2.03. The van der Waals surface area contributed by atoms with Crippen molar-refractivity contribution in [3.05, 3.63) is 35.9 Å². The number of carbonyl (C=O) groups excluding carboxylic acids is 2. The van der Waals surface area contributed by atoms with Gasteiger partial charge in [-0.25, -0.2) is 4.99 Å². The van der Waals surface area contributed by atoms with Crippen LogP contribution in [0.2, 0.25) is 0 Å². The van der Waals surface area contributed by atoms with Crippen LogP contribution in [0, 0.1) is 0 Å². The molecule has 1 aromatic rings. The molecule has 20 heavy (non-hydrogen) atoms. The van der Waals surface area contributed by atoms with E-state index in [1.54, 1.807) is 6.21 Å². The minimum Gasteiger partial charge on any atom is -0.469 e. The molecule has 2 N–H and O–H groups in total. The molecule has 0 aliphatic carbocycles. The largest absolute Gasteiger partial charge is 0.469 e. The van der Waals surface area contributed by atoms with E-state index in [4.69, 9.17) is 0 Å². The van der Waals surface area contributed by atoms with E-state index in [1.807, 2.05) is 30.3 Å². The van der Waals surface area contributed by atoms with Gasteiger partial charge in [-0.05, 0) is 5.56 Å². The van der Waals surface area contributed by atoms with Crippen LogP contribution >= 0.6 is 0 Å². The standard InChI is InChI=1S/C13H14N4O3/c1-20-11(18)7-10-15-12(13(19)16-10)17-14-8-9-5-3-2-4-6-9/h2-6,8,10H,7H2,1H3,(H,15,17)(H,16,19). The van der Waals surface area contributed by atoms with E-state index in [2.05, 4.69) is 25.6 Å². The van der Waals surface area contributed by atoms with Crippen molar-refractivity contribution in [1.82, 2.24) is 10.7 Å². The van der Waals surface area contributed by atoms with Gasteiger partial charge in [0.15, 0.2) is 0 Å². The number of hydrogen-bond acceptors (Lipinski definition) is 6. The summed E-state index contributed by atoms with van der Waals surface area (Å²) < 4.78 is 4.51. The summed E-state index contributed by atoms with van der Waals surface area (Å²) in [5, 5.41) is 6.46. The van der Waals surface area contributed by atoms with E-state index in [-0.39, 0.29) is 12.3 Å². The maximum atomic E-state index is 11.6. The van der Waals surface area contributed by atoms with Gasteiger partial charge in [-0.1, -0.05) is 30.3 Å². The molecule has 1 aliphatic heterocycles. The molecule has 0 saturated carbocycles. The molecule has 0 saturated heterocycles. The quantitative estimate of drug-likeness (QED) is 0.460. The number of benzene rings is 1. The van der Waals surface area contributed by atoms with Gasteiger partial charge in [-0.2, -0.15) is 5.10 Å². The Labute approximate surface area is 115 Å². The topological polar surface area (TPSA) is 92.2 Å². The average molecular weight is 274 g/mol. The lowest BCUT2D eigenvalue weighted by Crippen LogP contribution is -2.34. The van der Waals surface area contributed by atoms with Crippen molar-refractivity contribution in [1.29, 1.82) is 0 Å². The van der Waals surface area contributed by atoms with Gasteiger partial charge in [-0.15, -0.1) is 0 Å². The number of carbonyl (C=O) groups is 2. The number of esters is 1. The Bertz CT molecular complexity index is 554. The second-order valence-electron chi connectivity index (χ2n) is 4.03. The smallest absolute Gasteiger partial charge is 0.309 e. The maximum Gasteiger partial charge on any atom is 0.309 e. The zero-order chi connectivity index (χ0) is 14.4. The Morgan fingerprint density at radius 3 is 2.95 bits per heavy atom. The van der Waals surface area contributed by atoms with Crippen LogP contribution in [0.25, 0.3) is 0 Å². The summed E-state index contributed by atoms with van der Waals surface area (Å²) in [7, 11) is 1.28. The third-order valence-corrected chi connectivity index (χ3v) is 2.57. The highest BCUT2D eigenvalue weighted by Gasteiger charge is 2.26. The Morgan fingerprint density at radius 2 is 2.25 bits per heavy atom. The molecule has 1 aromatic carbocycles. The Balaban J connectivity index is 1.92. The van der Waals surface area contributed by atoms with E-state index in [9.17, 15) is 9.59 Å². The molecular weight excluding hydrogens is 260 g/mol. The molecule has 0 bridgehead atoms. The first-order valence-electron chi connectivity index (χ1n) is 5.98. The zero-order valence-electron chi connectivity index (χ0n) is 10.9. The highest BCUT2D eigenvalue weighted by molar-refractivity contribution is 6.39. The van der Waals surface area contributed by atoms with Crippen LogP contribution in [-0.4, -0.2) is 37.2 Å². The maximum absolute atomic E-state index is 11.6. The van der Waals surface area contributed by atoms with Crippen LogP contribution in [0.1, 0.15) is 12.0 Å². The van der Waals surface area contributed by atoms with E-state index >= 15 is 0 Å². The molecule has 0 spiro atoms. The van der Waals surface area contributed by atoms with Crippen LogP contribution in [0.15, 0.2) is 40.4 Å². The van der Waals surface area contributed by atoms with E-state index < -0.39 is 18.0 Å². The summed E-state index contributed by atoms with van der Waals surface area (Å²) in [5.41, 5.74) is 3.45. The number of aliphatic imine (C=N–C) groups is 1. The molecule has 1 heterocycles. The predicted octanol–water partition coefficient (Wildman–Crippen LogP) is 0.0276. The monoisotopic (exact) mass is 274 g/mol. The third-order valence-electron chi connectivity index (χ3n) is 2.57. The number of nitrogens with zero attached hydrogens (tertiary/aromatic N) is 2. The highest BCUT2D eigenvalue weighted by atomic mass is 16.5. The van der Waals surface area contributed by atoms with Crippen molar-refractivity contribution in [2.45, 2.75) is 12.6 Å². The molecule has 104 valence electrons. The predicted molar refractivity (Wildman–Crippen MR) is 73.2 cm³/mol. The molecule has 7 nitrogen and oxygen atoms in total. The Hall–Kier alpha value is -2.70. The zero-order valence-corrected chi connectivity index (χ0v) is 10.9. The fourth-order valence-corrected chi connectivity index (χ4v) is 1.59. The molecule has 1 aliphatic rings. The summed E-state index contributed by atoms with van der Waals surface area (Å²) in [6.07, 6.45) is 0.962. The Morgan fingerprint density at radius 1 is 1.50 bits per heavy atom. The molecule has 0 fully saturated rings. The summed E-state index contributed by atoms with van der Waals surface area (Å²) in [6, 6.07) is 9.42. The number of hydrazone groups is 1. The fraction of sp³-hybridized carbons (Fsp3) is 0.231. The average Bonchev–Trinajstić information content (AvgIpc) is 2.80. The van der Waals surface area contributed by atoms with Crippen molar-refractivity contribution in [2.24, 2.45) is 10.1 Å². The van der Waals surface area contributed by atoms with Crippen molar-refractivity contribution >= 4 is 23.9 Å². The van der Waals surface area contributed by atoms with Gasteiger partial charge in [0, 0.05) is 0 Å². The first-order chi connectivity index (χ1) is 9.69. The van der Waals surface area contributed by atoms with Crippen LogP contribution in [0.5, 0.6) is 0 Å². The number of nitrogens with one attached hydrogen (secondary N) is 2. The van der Waals surface area contributed by atoms with Gasteiger partial charge >= 0.3 is 5.97 Å². The number of ether oxygens (including phenoxy) is 1. The SMILES string of the molecule is COC(=O)CC1N=C(NN=Cc2ccccc2)C(=O)N1. The number of amides is 1. The van der Waals surface area contributed by atoms with Gasteiger partial charge < -0.3 is 10.1 Å². The molecule has 7 heteroatoms. The summed E-state index contributed by atoms with van der Waals surface area (Å²) in [5.74, 6) is -0.761. The number of amidine groups is 1. The molecule has 1 unspecified atom stereocenters. The fourth-order valence-electron chi connectivity index (χ4n) is 1.59. The molecule has 1 atom stereocenters. The van der Waals surface area contributed by atoms with Crippen LogP contribution in [-0.2, 0) is 14.3 Å². The van der Waals surface area contributed by atoms with Gasteiger partial charge in [0.05, 0.1) is 19.7 Å². The van der Waals surface area contributed by atoms with E-state index in [0.717, 1.165) is 5.56 Å². The van der Waals surface area contributed by atoms with Crippen molar-refractivity contribution < 1.29 is 14.3 Å². The Kier molecular flexibility index (Phi) is 4.43. The van der Waals surface area contributed by atoms with Gasteiger partial charge in [-0.3, -0.25) is 15.0 Å².